The quantitative estimate of drug-likeness (QED) is 0.175. The Morgan fingerprint density at radius 2 is 0.677 bits per heavy atom. The molecule has 1 aromatic heterocycles. The molecule has 302 valence electrons. The average molecular weight is 857 g/mol. The van der Waals surface area contributed by atoms with Crippen LogP contribution in [0.5, 0.6) is 0 Å². The van der Waals surface area contributed by atoms with Crippen LogP contribution in [0.25, 0.3) is 27.5 Å². The second-order valence-electron chi connectivity index (χ2n) is 17.9. The van der Waals surface area contributed by atoms with Crippen LogP contribution in [0, 0.1) is 0 Å². The Bertz CT molecular complexity index is 3370. The van der Waals surface area contributed by atoms with E-state index in [1.165, 1.54) is 102 Å². The van der Waals surface area contributed by atoms with Gasteiger partial charge in [-0.1, -0.05) is 230 Å². The minimum Gasteiger partial charge on any atom is -0.312 e. The van der Waals surface area contributed by atoms with E-state index < -0.39 is 16.1 Å². The number of nitrogens with zero attached hydrogens (tertiary/aromatic N) is 2. The van der Waals surface area contributed by atoms with Crippen molar-refractivity contribution in [3.63, 3.8) is 0 Å². The van der Waals surface area contributed by atoms with Gasteiger partial charge in [0.2, 0.25) is 6.71 Å². The summed E-state index contributed by atoms with van der Waals surface area (Å²) in [7, 11) is -6.32. The van der Waals surface area contributed by atoms with Crippen LogP contribution < -0.4 is 62.8 Å². The van der Waals surface area contributed by atoms with Crippen molar-refractivity contribution < 1.29 is 0 Å². The van der Waals surface area contributed by atoms with E-state index in [-0.39, 0.29) is 6.71 Å². The summed E-state index contributed by atoms with van der Waals surface area (Å²) in [5.41, 5.74) is 11.8. The molecule has 5 heteroatoms. The molecule has 0 spiro atoms. The molecular formula is C60H41BN2Si2. The van der Waals surface area contributed by atoms with Crippen molar-refractivity contribution in [2.24, 2.45) is 0 Å². The highest BCUT2D eigenvalue weighted by molar-refractivity contribution is 7.25. The Kier molecular flexibility index (Phi) is 7.86. The molecular weight excluding hydrogens is 816 g/mol. The first kappa shape index (κ1) is 36.7. The topological polar surface area (TPSA) is 8.17 Å². The number of hydrogen-bond donors (Lipinski definition) is 0. The zero-order valence-corrected chi connectivity index (χ0v) is 37.6. The summed E-state index contributed by atoms with van der Waals surface area (Å²) in [5.74, 6) is 0. The molecule has 0 bridgehead atoms. The number of rotatable bonds is 6. The van der Waals surface area contributed by atoms with E-state index in [1.807, 2.05) is 0 Å². The summed E-state index contributed by atoms with van der Waals surface area (Å²) in [6.45, 7) is 0.0498. The number of hydrogen-bond acceptors (Lipinski definition) is 1. The Hall–Kier alpha value is -7.70. The molecule has 0 amide bonds. The minimum atomic E-state index is -3.16. The van der Waals surface area contributed by atoms with Gasteiger partial charge >= 0.3 is 0 Å². The first-order chi connectivity index (χ1) is 32.3. The molecule has 3 aliphatic rings. The van der Waals surface area contributed by atoms with Crippen molar-refractivity contribution >= 4 is 120 Å². The van der Waals surface area contributed by atoms with Crippen LogP contribution in [-0.4, -0.2) is 27.4 Å². The molecule has 0 unspecified atom stereocenters. The third-order valence-electron chi connectivity index (χ3n) is 14.9. The number of fused-ring (bicyclic) bond motifs is 3. The van der Waals surface area contributed by atoms with Crippen molar-refractivity contribution in [2.75, 3.05) is 4.90 Å². The highest BCUT2D eigenvalue weighted by Crippen LogP contribution is 2.43. The molecule has 0 radical (unpaired) electrons. The zero-order chi connectivity index (χ0) is 42.7. The van der Waals surface area contributed by atoms with Crippen molar-refractivity contribution in [1.29, 1.82) is 0 Å². The average Bonchev–Trinajstić information content (AvgIpc) is 3.72. The summed E-state index contributed by atoms with van der Waals surface area (Å²) in [5, 5.41) is 13.9. The Labute approximate surface area is 381 Å². The molecule has 0 aliphatic carbocycles. The maximum atomic E-state index is 2.78. The van der Waals surface area contributed by atoms with Gasteiger partial charge in [-0.3, -0.25) is 0 Å². The molecule has 3 aliphatic heterocycles. The fourth-order valence-corrected chi connectivity index (χ4v) is 23.1. The van der Waals surface area contributed by atoms with Gasteiger partial charge in [0.1, 0.15) is 0 Å². The SMILES string of the molecule is c1ccc(B2c3cccc4c3N3c5c2cccc5[Si](c2ccccc2)(c2ccccc2)c2cc(-n5c6ccccc6c6ccccc65)cc(c23)[Si]4(c2ccccc2)c2ccccc2)cc1. The lowest BCUT2D eigenvalue weighted by Gasteiger charge is -2.55. The Morgan fingerprint density at radius 1 is 0.308 bits per heavy atom. The lowest BCUT2D eigenvalue weighted by molar-refractivity contribution is 1.18. The molecule has 65 heavy (non-hydrogen) atoms. The van der Waals surface area contributed by atoms with E-state index in [4.69, 9.17) is 0 Å². The fourth-order valence-electron chi connectivity index (χ4n) is 12.6. The van der Waals surface area contributed by atoms with E-state index >= 15 is 0 Å². The molecule has 2 nitrogen and oxygen atoms in total. The van der Waals surface area contributed by atoms with Gasteiger partial charge < -0.3 is 9.47 Å². The summed E-state index contributed by atoms with van der Waals surface area (Å²) in [6.07, 6.45) is 0. The third kappa shape index (κ3) is 4.78. The van der Waals surface area contributed by atoms with Gasteiger partial charge in [-0.05, 0) is 76.7 Å². The van der Waals surface area contributed by atoms with E-state index in [0.29, 0.717) is 0 Å². The number of para-hydroxylation sites is 4. The monoisotopic (exact) mass is 856 g/mol. The minimum absolute atomic E-state index is 0.0498. The van der Waals surface area contributed by atoms with Crippen LogP contribution in [0.2, 0.25) is 0 Å². The van der Waals surface area contributed by atoms with Crippen LogP contribution in [0.1, 0.15) is 0 Å². The van der Waals surface area contributed by atoms with E-state index in [0.717, 1.165) is 0 Å². The molecule has 0 saturated heterocycles. The standard InChI is InChI=1S/C60H41BN2Si2/c1-6-22-42(23-7-1)61-50-34-20-38-54-58(50)63-59-51(61)35-21-39-55(59)65(46-28-12-4-13-29-46,47-30-14-5-15-31-47)57-41-43(62-52-36-18-16-32-48(52)49-33-17-19-37-53(49)62)40-56(60(57)63)64(54,44-24-8-2-9-25-44)45-26-10-3-11-27-45/h1-41H. The van der Waals surface area contributed by atoms with Gasteiger partial charge in [-0.2, -0.15) is 0 Å². The molecule has 0 atom stereocenters. The molecule has 14 rings (SSSR count). The Balaban J connectivity index is 1.27. The molecule has 10 aromatic carbocycles. The van der Waals surface area contributed by atoms with Crippen LogP contribution in [0.4, 0.5) is 17.1 Å². The zero-order valence-electron chi connectivity index (χ0n) is 35.6. The van der Waals surface area contributed by atoms with Crippen molar-refractivity contribution in [1.82, 2.24) is 4.57 Å². The van der Waals surface area contributed by atoms with Gasteiger partial charge in [0, 0.05) is 33.5 Å². The summed E-state index contributed by atoms with van der Waals surface area (Å²) >= 11 is 0. The molecule has 0 N–H and O–H groups in total. The van der Waals surface area contributed by atoms with E-state index in [9.17, 15) is 0 Å². The third-order valence-corrected chi connectivity index (χ3v) is 24.5. The van der Waals surface area contributed by atoms with Gasteiger partial charge in [0.25, 0.3) is 0 Å². The predicted molar refractivity (Wildman–Crippen MR) is 281 cm³/mol. The summed E-state index contributed by atoms with van der Waals surface area (Å²) in [6, 6.07) is 95.6. The highest BCUT2D eigenvalue weighted by atomic mass is 28.3. The molecule has 0 saturated carbocycles. The van der Waals surface area contributed by atoms with Gasteiger partial charge in [0.15, 0.2) is 16.1 Å². The molecule has 0 fully saturated rings. The van der Waals surface area contributed by atoms with Crippen molar-refractivity contribution in [3.05, 3.63) is 249 Å². The lowest BCUT2D eigenvalue weighted by Crippen LogP contribution is -2.84. The lowest BCUT2D eigenvalue weighted by atomic mass is 9.35. The predicted octanol–water partition coefficient (Wildman–Crippen LogP) is 6.46. The number of anilines is 3. The maximum absolute atomic E-state index is 3.16. The normalized spacial score (nSPS) is 14.6. The van der Waals surface area contributed by atoms with E-state index in [2.05, 4.69) is 258 Å². The molecule has 11 aromatic rings. The van der Waals surface area contributed by atoms with Crippen LogP contribution >= 0.6 is 0 Å². The second-order valence-corrected chi connectivity index (χ2v) is 25.4. The Morgan fingerprint density at radius 3 is 1.09 bits per heavy atom. The first-order valence-corrected chi connectivity index (χ1v) is 26.8. The smallest absolute Gasteiger partial charge is 0.246 e. The van der Waals surface area contributed by atoms with Gasteiger partial charge in [-0.15, -0.1) is 0 Å². The summed E-state index contributed by atoms with van der Waals surface area (Å²) < 4.78 is 2.57. The van der Waals surface area contributed by atoms with Crippen molar-refractivity contribution in [2.45, 2.75) is 0 Å². The second kappa shape index (κ2) is 13.9. The van der Waals surface area contributed by atoms with E-state index in [1.54, 1.807) is 0 Å². The van der Waals surface area contributed by atoms with Gasteiger partial charge in [0.05, 0.1) is 11.0 Å². The molecule has 4 heterocycles. The van der Waals surface area contributed by atoms with Crippen LogP contribution in [-0.2, 0) is 0 Å². The number of aromatic nitrogens is 1. The highest BCUT2D eigenvalue weighted by Gasteiger charge is 2.59. The van der Waals surface area contributed by atoms with Crippen LogP contribution in [0.15, 0.2) is 249 Å². The fraction of sp³-hybridized carbons (Fsp3) is 0. The summed E-state index contributed by atoms with van der Waals surface area (Å²) in [4.78, 5) is 2.78. The van der Waals surface area contributed by atoms with Gasteiger partial charge in [-0.25, -0.2) is 0 Å². The first-order valence-electron chi connectivity index (χ1n) is 22.8. The largest absolute Gasteiger partial charge is 0.312 e. The maximum Gasteiger partial charge on any atom is 0.246 e. The number of benzene rings is 10. The van der Waals surface area contributed by atoms with Crippen molar-refractivity contribution in [3.8, 4) is 5.69 Å². The van der Waals surface area contributed by atoms with Crippen LogP contribution in [0.3, 0.4) is 0 Å².